The Labute approximate surface area is 152 Å². The van der Waals surface area contributed by atoms with Crippen molar-refractivity contribution >= 4 is 22.7 Å². The van der Waals surface area contributed by atoms with Crippen LogP contribution < -0.4 is 0 Å². The smallest absolute Gasteiger partial charge is 0.228 e. The minimum Gasteiger partial charge on any atom is -0.348 e. The number of fused-ring (bicyclic) bond motifs is 3. The van der Waals surface area contributed by atoms with Gasteiger partial charge in [-0.1, -0.05) is 42.0 Å². The van der Waals surface area contributed by atoms with E-state index in [1.807, 2.05) is 19.2 Å². The molecule has 0 bridgehead atoms. The van der Waals surface area contributed by atoms with E-state index >= 15 is 0 Å². The third kappa shape index (κ3) is 2.47. The lowest BCUT2D eigenvalue weighted by molar-refractivity contribution is -0.128. The largest absolute Gasteiger partial charge is 0.348 e. The van der Waals surface area contributed by atoms with Crippen LogP contribution >= 0.6 is 0 Å². The number of benzene rings is 2. The van der Waals surface area contributed by atoms with E-state index in [4.69, 9.17) is 4.98 Å². The van der Waals surface area contributed by atoms with Gasteiger partial charge in [0.2, 0.25) is 11.7 Å². The predicted molar refractivity (Wildman–Crippen MR) is 104 cm³/mol. The molecule has 0 saturated carbocycles. The van der Waals surface area contributed by atoms with Crippen molar-refractivity contribution in [3.05, 3.63) is 59.8 Å². The Morgan fingerprint density at radius 3 is 2.35 bits per heavy atom. The maximum absolute atomic E-state index is 12.5. The zero-order chi connectivity index (χ0) is 18.4. The van der Waals surface area contributed by atoms with Crippen LogP contribution in [-0.4, -0.2) is 38.9 Å². The van der Waals surface area contributed by atoms with Gasteiger partial charge in [0, 0.05) is 26.7 Å². The maximum atomic E-state index is 12.5. The Balaban J connectivity index is 2.03. The molecule has 4 aromatic rings. The van der Waals surface area contributed by atoms with Gasteiger partial charge >= 0.3 is 0 Å². The molecule has 5 nitrogen and oxygen atoms in total. The maximum Gasteiger partial charge on any atom is 0.228 e. The number of carbonyl (C=O) groups is 1. The number of carbonyl (C=O) groups excluding carboxylic acids is 1. The Kier molecular flexibility index (Phi) is 3.80. The van der Waals surface area contributed by atoms with Crippen LogP contribution in [0, 0.1) is 6.92 Å². The lowest BCUT2D eigenvalue weighted by Crippen LogP contribution is -2.24. The highest BCUT2D eigenvalue weighted by molar-refractivity contribution is 5.86. The molecule has 2 aromatic heterocycles. The van der Waals surface area contributed by atoms with Gasteiger partial charge in [-0.15, -0.1) is 0 Å². The van der Waals surface area contributed by atoms with Gasteiger partial charge in [0.1, 0.15) is 0 Å². The molecule has 2 heterocycles. The minimum atomic E-state index is 0.0631. The standard InChI is InChI=1S/C21H22N4O/c1-14-9-11-15(12-10-14)20-18(13-19(26)23(2)3)25-17-8-6-5-7-16(17)24(4)21(25)22-20/h5-12H,13H2,1-4H3. The average molecular weight is 346 g/mol. The lowest BCUT2D eigenvalue weighted by Gasteiger charge is -2.11. The second-order valence-corrected chi connectivity index (χ2v) is 6.92. The molecule has 0 aliphatic heterocycles. The molecule has 2 aromatic carbocycles. The molecule has 5 heteroatoms. The number of amides is 1. The number of nitrogens with zero attached hydrogens (tertiary/aromatic N) is 4. The molecule has 0 atom stereocenters. The first kappa shape index (κ1) is 16.4. The fourth-order valence-electron chi connectivity index (χ4n) is 3.37. The summed E-state index contributed by atoms with van der Waals surface area (Å²) in [5, 5.41) is 0. The summed E-state index contributed by atoms with van der Waals surface area (Å²) in [5.41, 5.74) is 6.20. The number of rotatable bonds is 3. The van der Waals surface area contributed by atoms with Crippen LogP contribution in [0.4, 0.5) is 0 Å². The molecule has 0 spiro atoms. The molecular weight excluding hydrogens is 324 g/mol. The first-order chi connectivity index (χ1) is 12.5. The van der Waals surface area contributed by atoms with Crippen molar-refractivity contribution in [3.8, 4) is 11.3 Å². The number of likely N-dealkylation sites (N-methyl/N-ethyl adjacent to an activating group) is 1. The van der Waals surface area contributed by atoms with Crippen molar-refractivity contribution in [2.45, 2.75) is 13.3 Å². The van der Waals surface area contributed by atoms with Crippen molar-refractivity contribution in [1.82, 2.24) is 18.9 Å². The second-order valence-electron chi connectivity index (χ2n) is 6.92. The summed E-state index contributed by atoms with van der Waals surface area (Å²) in [6, 6.07) is 16.5. The summed E-state index contributed by atoms with van der Waals surface area (Å²) in [7, 11) is 5.59. The van der Waals surface area contributed by atoms with E-state index in [0.29, 0.717) is 6.42 Å². The van der Waals surface area contributed by atoms with Crippen LogP contribution in [0.1, 0.15) is 11.3 Å². The lowest BCUT2D eigenvalue weighted by atomic mass is 10.1. The van der Waals surface area contributed by atoms with Gasteiger partial charge in [0.05, 0.1) is 28.8 Å². The van der Waals surface area contributed by atoms with Crippen LogP contribution in [0.5, 0.6) is 0 Å². The van der Waals surface area contributed by atoms with E-state index in [1.165, 1.54) is 5.56 Å². The van der Waals surface area contributed by atoms with Gasteiger partial charge in [-0.25, -0.2) is 4.98 Å². The Hall–Kier alpha value is -3.08. The third-order valence-electron chi connectivity index (χ3n) is 4.88. The molecule has 4 rings (SSSR count). The van der Waals surface area contributed by atoms with E-state index in [2.05, 4.69) is 52.3 Å². The van der Waals surface area contributed by atoms with Crippen LogP contribution in [0.15, 0.2) is 48.5 Å². The van der Waals surface area contributed by atoms with Crippen molar-refractivity contribution in [1.29, 1.82) is 0 Å². The van der Waals surface area contributed by atoms with E-state index in [0.717, 1.165) is 33.8 Å². The zero-order valence-corrected chi connectivity index (χ0v) is 15.5. The first-order valence-corrected chi connectivity index (χ1v) is 8.69. The summed E-state index contributed by atoms with van der Waals surface area (Å²) in [4.78, 5) is 19.1. The van der Waals surface area contributed by atoms with Crippen molar-refractivity contribution in [3.63, 3.8) is 0 Å². The molecule has 0 aliphatic rings. The highest BCUT2D eigenvalue weighted by Gasteiger charge is 2.22. The molecule has 132 valence electrons. The van der Waals surface area contributed by atoms with Gasteiger partial charge < -0.3 is 9.47 Å². The number of imidazole rings is 2. The van der Waals surface area contributed by atoms with Gasteiger partial charge in [-0.3, -0.25) is 9.20 Å². The van der Waals surface area contributed by atoms with E-state index < -0.39 is 0 Å². The summed E-state index contributed by atoms with van der Waals surface area (Å²) >= 11 is 0. The monoisotopic (exact) mass is 346 g/mol. The summed E-state index contributed by atoms with van der Waals surface area (Å²) in [6.07, 6.45) is 0.311. The molecule has 26 heavy (non-hydrogen) atoms. The molecule has 0 unspecified atom stereocenters. The molecular formula is C21H22N4O. The van der Waals surface area contributed by atoms with E-state index in [9.17, 15) is 4.79 Å². The number of hydrogen-bond acceptors (Lipinski definition) is 2. The van der Waals surface area contributed by atoms with Crippen LogP contribution in [0.3, 0.4) is 0 Å². The number of para-hydroxylation sites is 2. The summed E-state index contributed by atoms with van der Waals surface area (Å²) < 4.78 is 4.20. The number of aromatic nitrogens is 3. The van der Waals surface area contributed by atoms with Gasteiger partial charge in [0.25, 0.3) is 0 Å². The molecule has 0 N–H and O–H groups in total. The molecule has 0 radical (unpaired) electrons. The van der Waals surface area contributed by atoms with Gasteiger partial charge in [0.15, 0.2) is 0 Å². The topological polar surface area (TPSA) is 42.5 Å². The minimum absolute atomic E-state index is 0.0631. The fraction of sp³-hybridized carbons (Fsp3) is 0.238. The highest BCUT2D eigenvalue weighted by Crippen LogP contribution is 2.30. The molecule has 1 amide bonds. The number of aryl methyl sites for hydroxylation is 2. The molecule has 0 saturated heterocycles. The third-order valence-corrected chi connectivity index (χ3v) is 4.88. The van der Waals surface area contributed by atoms with Crippen molar-refractivity contribution in [2.24, 2.45) is 7.05 Å². The van der Waals surface area contributed by atoms with Gasteiger partial charge in [-0.05, 0) is 19.1 Å². The second kappa shape index (κ2) is 6.02. The van der Waals surface area contributed by atoms with Crippen LogP contribution in [-0.2, 0) is 18.3 Å². The Morgan fingerprint density at radius 1 is 1.04 bits per heavy atom. The molecule has 0 fully saturated rings. The fourth-order valence-corrected chi connectivity index (χ4v) is 3.37. The quantitative estimate of drug-likeness (QED) is 0.570. The predicted octanol–water partition coefficient (Wildman–Crippen LogP) is 3.43. The summed E-state index contributed by atoms with van der Waals surface area (Å²) in [6.45, 7) is 2.07. The van der Waals surface area contributed by atoms with E-state index in [-0.39, 0.29) is 5.91 Å². The van der Waals surface area contributed by atoms with Crippen molar-refractivity contribution < 1.29 is 4.79 Å². The number of hydrogen-bond donors (Lipinski definition) is 0. The average Bonchev–Trinajstić information content (AvgIpc) is 3.13. The highest BCUT2D eigenvalue weighted by atomic mass is 16.2. The first-order valence-electron chi connectivity index (χ1n) is 8.69. The SMILES string of the molecule is Cc1ccc(-c2nc3n(C)c4ccccc4n3c2CC(=O)N(C)C)cc1. The normalized spacial score (nSPS) is 11.4. The Morgan fingerprint density at radius 2 is 1.69 bits per heavy atom. The van der Waals surface area contributed by atoms with Crippen molar-refractivity contribution in [2.75, 3.05) is 14.1 Å². The van der Waals surface area contributed by atoms with Crippen LogP contribution in [0.2, 0.25) is 0 Å². The summed E-state index contributed by atoms with van der Waals surface area (Å²) in [5.74, 6) is 0.913. The van der Waals surface area contributed by atoms with Crippen LogP contribution in [0.25, 0.3) is 28.1 Å². The molecule has 0 aliphatic carbocycles. The van der Waals surface area contributed by atoms with Gasteiger partial charge in [-0.2, -0.15) is 0 Å². The Bertz CT molecular complexity index is 1120. The zero-order valence-electron chi connectivity index (χ0n) is 15.5. The van der Waals surface area contributed by atoms with E-state index in [1.54, 1.807) is 19.0 Å².